The summed E-state index contributed by atoms with van der Waals surface area (Å²) in [6.07, 6.45) is 5.73. The summed E-state index contributed by atoms with van der Waals surface area (Å²) in [7, 11) is 0. The lowest BCUT2D eigenvalue weighted by Crippen LogP contribution is -2.44. The summed E-state index contributed by atoms with van der Waals surface area (Å²) in [5, 5.41) is 3.17. The lowest BCUT2D eigenvalue weighted by molar-refractivity contribution is 0.0487. The van der Waals surface area contributed by atoms with Crippen LogP contribution in [0, 0.1) is 6.92 Å². The Hall–Kier alpha value is -3.84. The number of aromatic nitrogens is 2. The molecule has 0 spiro atoms. The molecule has 0 bridgehead atoms. The van der Waals surface area contributed by atoms with Crippen LogP contribution in [-0.4, -0.2) is 41.7 Å². The number of ether oxygens (including phenoxy) is 3. The molecule has 7 heteroatoms. The van der Waals surface area contributed by atoms with Gasteiger partial charge in [0.25, 0.3) is 5.91 Å². The summed E-state index contributed by atoms with van der Waals surface area (Å²) in [4.78, 5) is 17.6. The van der Waals surface area contributed by atoms with Gasteiger partial charge < -0.3 is 23.9 Å². The Bertz CT molecular complexity index is 1340. The largest absolute Gasteiger partial charge is 0.494 e. The molecule has 1 aliphatic rings. The number of amides is 1. The van der Waals surface area contributed by atoms with Gasteiger partial charge in [0.2, 0.25) is 0 Å². The van der Waals surface area contributed by atoms with Crippen LogP contribution < -0.4 is 14.8 Å². The van der Waals surface area contributed by atoms with E-state index in [9.17, 15) is 4.79 Å². The van der Waals surface area contributed by atoms with Gasteiger partial charge in [-0.3, -0.25) is 4.79 Å². The molecule has 2 aromatic carbocycles. The lowest BCUT2D eigenvalue weighted by atomic mass is 9.74. The first kappa shape index (κ1) is 24.8. The fourth-order valence-corrected chi connectivity index (χ4v) is 4.84. The second-order valence-corrected chi connectivity index (χ2v) is 9.55. The maximum Gasteiger partial charge on any atom is 0.251 e. The summed E-state index contributed by atoms with van der Waals surface area (Å²) in [5.74, 6) is 1.45. The minimum atomic E-state index is -0.158. The molecule has 0 aliphatic carbocycles. The molecule has 0 atom stereocenters. The number of fused-ring (bicyclic) bond motifs is 1. The molecule has 5 rings (SSSR count). The van der Waals surface area contributed by atoms with Gasteiger partial charge in [-0.1, -0.05) is 18.2 Å². The number of aryl methyl sites for hydroxylation is 1. The van der Waals surface area contributed by atoms with Gasteiger partial charge >= 0.3 is 0 Å². The molecular weight excluding hydrogens is 466 g/mol. The van der Waals surface area contributed by atoms with Crippen molar-refractivity contribution in [2.45, 2.75) is 38.7 Å². The maximum absolute atomic E-state index is 13.0. The average molecular weight is 500 g/mol. The van der Waals surface area contributed by atoms with Crippen molar-refractivity contribution in [1.82, 2.24) is 14.7 Å². The molecule has 1 aliphatic heterocycles. The van der Waals surface area contributed by atoms with Crippen LogP contribution in [0.2, 0.25) is 0 Å². The number of hydrogen-bond donors (Lipinski definition) is 1. The first-order valence-electron chi connectivity index (χ1n) is 12.8. The number of imidazole rings is 1. The summed E-state index contributed by atoms with van der Waals surface area (Å²) in [6, 6.07) is 19.5. The highest BCUT2D eigenvalue weighted by Gasteiger charge is 2.35. The normalized spacial score (nSPS) is 14.9. The minimum Gasteiger partial charge on any atom is -0.494 e. The second-order valence-electron chi connectivity index (χ2n) is 9.55. The van der Waals surface area contributed by atoms with Crippen LogP contribution in [0.15, 0.2) is 73.1 Å². The van der Waals surface area contributed by atoms with E-state index in [1.807, 2.05) is 60.1 Å². The van der Waals surface area contributed by atoms with Gasteiger partial charge in [0.05, 0.1) is 12.3 Å². The Labute approximate surface area is 217 Å². The van der Waals surface area contributed by atoms with Crippen molar-refractivity contribution in [3.63, 3.8) is 0 Å². The van der Waals surface area contributed by atoms with Crippen LogP contribution in [0.5, 0.6) is 11.5 Å². The molecule has 3 heterocycles. The molecule has 0 radical (unpaired) electrons. The minimum absolute atomic E-state index is 0.0981. The number of rotatable bonds is 9. The molecule has 37 heavy (non-hydrogen) atoms. The van der Waals surface area contributed by atoms with Crippen molar-refractivity contribution in [3.8, 4) is 11.5 Å². The Morgan fingerprint density at radius 2 is 1.68 bits per heavy atom. The van der Waals surface area contributed by atoms with Crippen molar-refractivity contribution in [3.05, 3.63) is 95.4 Å². The predicted octanol–water partition coefficient (Wildman–Crippen LogP) is 5.10. The first-order chi connectivity index (χ1) is 18.0. The molecule has 1 fully saturated rings. The van der Waals surface area contributed by atoms with Crippen LogP contribution in [0.25, 0.3) is 5.65 Å². The Morgan fingerprint density at radius 3 is 2.41 bits per heavy atom. The Kier molecular flexibility index (Phi) is 7.42. The topological polar surface area (TPSA) is 74.1 Å². The monoisotopic (exact) mass is 499 g/mol. The molecule has 1 saturated heterocycles. The maximum atomic E-state index is 13.0. The summed E-state index contributed by atoms with van der Waals surface area (Å²) < 4.78 is 19.1. The molecule has 4 aromatic rings. The van der Waals surface area contributed by atoms with Crippen molar-refractivity contribution >= 4 is 11.6 Å². The van der Waals surface area contributed by atoms with E-state index in [1.54, 1.807) is 12.1 Å². The van der Waals surface area contributed by atoms with Gasteiger partial charge in [0.15, 0.2) is 0 Å². The van der Waals surface area contributed by atoms with E-state index in [4.69, 9.17) is 14.2 Å². The first-order valence-corrected chi connectivity index (χ1v) is 12.8. The van der Waals surface area contributed by atoms with E-state index < -0.39 is 0 Å². The van der Waals surface area contributed by atoms with Gasteiger partial charge in [0, 0.05) is 43.1 Å². The SMILES string of the molecule is CCOc1ccc(C2(CNC(=O)c3ccc(OCc4cn5cc(C)ccc5n4)cc3)CCOCC2)cc1. The van der Waals surface area contributed by atoms with Crippen LogP contribution in [0.3, 0.4) is 0 Å². The zero-order chi connectivity index (χ0) is 25.7. The van der Waals surface area contributed by atoms with E-state index in [2.05, 4.69) is 29.4 Å². The quantitative estimate of drug-likeness (QED) is 0.347. The van der Waals surface area contributed by atoms with Crippen LogP contribution >= 0.6 is 0 Å². The second kappa shape index (κ2) is 11.0. The van der Waals surface area contributed by atoms with E-state index in [-0.39, 0.29) is 11.3 Å². The van der Waals surface area contributed by atoms with Gasteiger partial charge in [-0.2, -0.15) is 0 Å². The van der Waals surface area contributed by atoms with E-state index in [0.717, 1.165) is 29.9 Å². The van der Waals surface area contributed by atoms with Crippen molar-refractivity contribution in [1.29, 1.82) is 0 Å². The highest BCUT2D eigenvalue weighted by molar-refractivity contribution is 5.94. The van der Waals surface area contributed by atoms with Crippen molar-refractivity contribution in [2.24, 2.45) is 0 Å². The fourth-order valence-electron chi connectivity index (χ4n) is 4.84. The highest BCUT2D eigenvalue weighted by Crippen LogP contribution is 2.35. The molecule has 192 valence electrons. The Morgan fingerprint density at radius 1 is 0.973 bits per heavy atom. The number of benzene rings is 2. The summed E-state index contributed by atoms with van der Waals surface area (Å²) in [6.45, 7) is 6.94. The molecular formula is C30H33N3O4. The number of nitrogens with one attached hydrogen (secondary N) is 1. The zero-order valence-electron chi connectivity index (χ0n) is 21.4. The molecule has 1 N–H and O–H groups in total. The van der Waals surface area contributed by atoms with Crippen LogP contribution in [-0.2, 0) is 16.8 Å². The number of carbonyl (C=O) groups excluding carboxylic acids is 1. The van der Waals surface area contributed by atoms with E-state index in [0.29, 0.717) is 44.3 Å². The third kappa shape index (κ3) is 5.78. The zero-order valence-corrected chi connectivity index (χ0v) is 21.4. The summed E-state index contributed by atoms with van der Waals surface area (Å²) in [5.41, 5.74) is 4.56. The van der Waals surface area contributed by atoms with Crippen LogP contribution in [0.4, 0.5) is 0 Å². The number of carbonyl (C=O) groups is 1. The number of hydrogen-bond acceptors (Lipinski definition) is 5. The van der Waals surface area contributed by atoms with Gasteiger partial charge in [-0.05, 0) is 80.3 Å². The van der Waals surface area contributed by atoms with E-state index in [1.165, 1.54) is 11.1 Å². The highest BCUT2D eigenvalue weighted by atomic mass is 16.5. The van der Waals surface area contributed by atoms with Crippen molar-refractivity contribution < 1.29 is 19.0 Å². The number of nitrogens with zero attached hydrogens (tertiary/aromatic N) is 2. The molecule has 1 amide bonds. The third-order valence-corrected chi connectivity index (χ3v) is 6.97. The van der Waals surface area contributed by atoms with Crippen LogP contribution in [0.1, 0.15) is 46.9 Å². The molecule has 0 unspecified atom stereocenters. The predicted molar refractivity (Wildman–Crippen MR) is 142 cm³/mol. The fraction of sp³-hybridized carbons (Fsp3) is 0.333. The lowest BCUT2D eigenvalue weighted by Gasteiger charge is -2.38. The van der Waals surface area contributed by atoms with Crippen molar-refractivity contribution in [2.75, 3.05) is 26.4 Å². The molecule has 7 nitrogen and oxygen atoms in total. The van der Waals surface area contributed by atoms with Gasteiger partial charge in [0.1, 0.15) is 23.8 Å². The average Bonchev–Trinajstić information content (AvgIpc) is 3.34. The number of pyridine rings is 1. The van der Waals surface area contributed by atoms with Gasteiger partial charge in [-0.25, -0.2) is 4.98 Å². The van der Waals surface area contributed by atoms with E-state index >= 15 is 0 Å². The molecule has 0 saturated carbocycles. The Balaban J connectivity index is 1.20. The van der Waals surface area contributed by atoms with Gasteiger partial charge in [-0.15, -0.1) is 0 Å². The summed E-state index contributed by atoms with van der Waals surface area (Å²) >= 11 is 0. The third-order valence-electron chi connectivity index (χ3n) is 6.97. The molecule has 2 aromatic heterocycles. The standard InChI is InChI=1S/C30H33N3O4/c1-3-36-26-11-7-24(8-12-26)30(14-16-35-17-15-30)21-31-29(34)23-5-9-27(10-6-23)37-20-25-19-33-18-22(2)4-13-28(33)32-25/h4-13,18-19H,3,14-17,20-21H2,1-2H3,(H,31,34). The smallest absolute Gasteiger partial charge is 0.251 e.